The van der Waals surface area contributed by atoms with Crippen molar-refractivity contribution in [3.05, 3.63) is 35.6 Å². The van der Waals surface area contributed by atoms with Crippen molar-refractivity contribution in [3.8, 4) is 0 Å². The molecule has 0 saturated carbocycles. The van der Waals surface area contributed by atoms with Crippen LogP contribution in [0.2, 0.25) is 0 Å². The summed E-state index contributed by atoms with van der Waals surface area (Å²) < 4.78 is 13.0. The molecular formula is C13H16FN3O4. The van der Waals surface area contributed by atoms with Crippen LogP contribution in [-0.2, 0) is 9.59 Å². The summed E-state index contributed by atoms with van der Waals surface area (Å²) in [6.07, 6.45) is 0. The summed E-state index contributed by atoms with van der Waals surface area (Å²) in [7, 11) is 0. The van der Waals surface area contributed by atoms with Gasteiger partial charge in [-0.1, -0.05) is 12.1 Å². The molecule has 0 aliphatic carbocycles. The van der Waals surface area contributed by atoms with E-state index in [0.717, 1.165) is 0 Å². The molecule has 7 nitrogen and oxygen atoms in total. The Hall–Kier alpha value is -2.64. The van der Waals surface area contributed by atoms with Crippen LogP contribution in [0, 0.1) is 5.82 Å². The van der Waals surface area contributed by atoms with Gasteiger partial charge < -0.3 is 21.1 Å². The molecule has 1 atom stereocenters. The Morgan fingerprint density at radius 1 is 1.24 bits per heavy atom. The van der Waals surface area contributed by atoms with E-state index in [1.54, 1.807) is 13.0 Å². The predicted octanol–water partition coefficient (Wildman–Crippen LogP) is 0.387. The third kappa shape index (κ3) is 6.37. The molecule has 0 bridgehead atoms. The molecule has 1 rings (SSSR count). The van der Waals surface area contributed by atoms with E-state index in [-0.39, 0.29) is 6.54 Å². The maximum absolute atomic E-state index is 13.0. The van der Waals surface area contributed by atoms with Gasteiger partial charge in [-0.05, 0) is 24.6 Å². The Bertz CT molecular complexity index is 536. The number of carboxylic acid groups (broad SMARTS) is 1. The minimum atomic E-state index is -1.17. The zero-order valence-corrected chi connectivity index (χ0v) is 11.4. The quantitative estimate of drug-likeness (QED) is 0.609. The maximum Gasteiger partial charge on any atom is 0.322 e. The number of rotatable bonds is 6. The molecule has 0 fully saturated rings. The van der Waals surface area contributed by atoms with E-state index in [1.165, 1.54) is 18.2 Å². The van der Waals surface area contributed by atoms with Crippen LogP contribution in [0.3, 0.4) is 0 Å². The van der Waals surface area contributed by atoms with Crippen LogP contribution >= 0.6 is 0 Å². The monoisotopic (exact) mass is 297 g/mol. The number of nitrogens with one attached hydrogen (secondary N) is 3. The number of amides is 3. The fraction of sp³-hybridized carbons (Fsp3) is 0.308. The number of urea groups is 1. The zero-order chi connectivity index (χ0) is 15.8. The normalized spacial score (nSPS) is 11.3. The van der Waals surface area contributed by atoms with Crippen LogP contribution in [0.5, 0.6) is 0 Å². The minimum Gasteiger partial charge on any atom is -0.480 e. The van der Waals surface area contributed by atoms with Crippen molar-refractivity contribution in [2.75, 3.05) is 13.1 Å². The summed E-state index contributed by atoms with van der Waals surface area (Å²) >= 11 is 0. The standard InChI is InChI=1S/C13H16FN3O4/c1-8(9-3-2-4-10(14)5-9)17-13(21)16-6-11(18)15-7-12(19)20/h2-5,8H,6-7H2,1H3,(H,15,18)(H,19,20)(H2,16,17,21). The van der Waals surface area contributed by atoms with E-state index in [4.69, 9.17) is 5.11 Å². The second-order valence-corrected chi connectivity index (χ2v) is 4.27. The van der Waals surface area contributed by atoms with E-state index in [2.05, 4.69) is 16.0 Å². The Labute approximate surface area is 120 Å². The lowest BCUT2D eigenvalue weighted by Gasteiger charge is -2.15. The van der Waals surface area contributed by atoms with Gasteiger partial charge in [0.05, 0.1) is 12.6 Å². The van der Waals surface area contributed by atoms with E-state index < -0.39 is 36.3 Å². The van der Waals surface area contributed by atoms with E-state index >= 15 is 0 Å². The van der Waals surface area contributed by atoms with E-state index in [9.17, 15) is 18.8 Å². The van der Waals surface area contributed by atoms with Crippen molar-refractivity contribution >= 4 is 17.9 Å². The molecule has 0 aliphatic rings. The number of carbonyl (C=O) groups excluding carboxylic acids is 2. The number of halogens is 1. The first kappa shape index (κ1) is 16.4. The lowest BCUT2D eigenvalue weighted by atomic mass is 10.1. The van der Waals surface area contributed by atoms with Gasteiger partial charge in [0, 0.05) is 0 Å². The SMILES string of the molecule is CC(NC(=O)NCC(=O)NCC(=O)O)c1cccc(F)c1. The summed E-state index contributed by atoms with van der Waals surface area (Å²) in [4.78, 5) is 33.0. The van der Waals surface area contributed by atoms with E-state index in [0.29, 0.717) is 5.56 Å². The van der Waals surface area contributed by atoms with Gasteiger partial charge in [0.1, 0.15) is 12.4 Å². The molecule has 3 amide bonds. The largest absolute Gasteiger partial charge is 0.480 e. The molecular weight excluding hydrogens is 281 g/mol. The van der Waals surface area contributed by atoms with Gasteiger partial charge in [-0.25, -0.2) is 9.18 Å². The fourth-order valence-corrected chi connectivity index (χ4v) is 1.50. The van der Waals surface area contributed by atoms with Gasteiger partial charge >= 0.3 is 12.0 Å². The summed E-state index contributed by atoms with van der Waals surface area (Å²) in [6, 6.07) is 4.72. The predicted molar refractivity (Wildman–Crippen MR) is 72.0 cm³/mol. The first-order valence-corrected chi connectivity index (χ1v) is 6.17. The molecule has 0 spiro atoms. The van der Waals surface area contributed by atoms with Crippen LogP contribution in [0.1, 0.15) is 18.5 Å². The van der Waals surface area contributed by atoms with Crippen LogP contribution in [0.15, 0.2) is 24.3 Å². The molecule has 0 aliphatic heterocycles. The molecule has 8 heteroatoms. The van der Waals surface area contributed by atoms with Crippen LogP contribution in [0.4, 0.5) is 9.18 Å². The average molecular weight is 297 g/mol. The minimum absolute atomic E-state index is 0.352. The highest BCUT2D eigenvalue weighted by Crippen LogP contribution is 2.12. The summed E-state index contributed by atoms with van der Waals surface area (Å²) in [5, 5.41) is 15.3. The Balaban J connectivity index is 2.36. The third-order valence-corrected chi connectivity index (χ3v) is 2.54. The molecule has 0 aromatic heterocycles. The average Bonchev–Trinajstić information content (AvgIpc) is 2.42. The Morgan fingerprint density at radius 3 is 2.57 bits per heavy atom. The number of carboxylic acids is 1. The van der Waals surface area contributed by atoms with Gasteiger partial charge in [0.2, 0.25) is 5.91 Å². The molecule has 0 saturated heterocycles. The smallest absolute Gasteiger partial charge is 0.322 e. The zero-order valence-electron chi connectivity index (χ0n) is 11.4. The molecule has 21 heavy (non-hydrogen) atoms. The van der Waals surface area contributed by atoms with E-state index in [1.807, 2.05) is 0 Å². The molecule has 1 aromatic rings. The second-order valence-electron chi connectivity index (χ2n) is 4.27. The molecule has 1 aromatic carbocycles. The molecule has 0 radical (unpaired) electrons. The number of carbonyl (C=O) groups is 3. The third-order valence-electron chi connectivity index (χ3n) is 2.54. The van der Waals surface area contributed by atoms with Crippen LogP contribution in [-0.4, -0.2) is 36.1 Å². The molecule has 0 heterocycles. The van der Waals surface area contributed by atoms with Gasteiger partial charge in [0.15, 0.2) is 0 Å². The lowest BCUT2D eigenvalue weighted by Crippen LogP contribution is -2.43. The van der Waals surface area contributed by atoms with Gasteiger partial charge in [0.25, 0.3) is 0 Å². The molecule has 4 N–H and O–H groups in total. The first-order valence-electron chi connectivity index (χ1n) is 6.17. The number of hydrogen-bond donors (Lipinski definition) is 4. The summed E-state index contributed by atoms with van der Waals surface area (Å²) in [5.41, 5.74) is 0.584. The topological polar surface area (TPSA) is 108 Å². The van der Waals surface area contributed by atoms with Crippen molar-refractivity contribution in [1.82, 2.24) is 16.0 Å². The Kier molecular flexibility index (Phi) is 6.12. The van der Waals surface area contributed by atoms with Gasteiger partial charge in [-0.3, -0.25) is 9.59 Å². The summed E-state index contributed by atoms with van der Waals surface area (Å²) in [6.45, 7) is 0.801. The maximum atomic E-state index is 13.0. The van der Waals surface area contributed by atoms with Gasteiger partial charge in [-0.2, -0.15) is 0 Å². The molecule has 114 valence electrons. The Morgan fingerprint density at radius 2 is 1.95 bits per heavy atom. The van der Waals surface area contributed by atoms with Crippen molar-refractivity contribution in [2.45, 2.75) is 13.0 Å². The van der Waals surface area contributed by atoms with Crippen molar-refractivity contribution < 1.29 is 23.9 Å². The highest BCUT2D eigenvalue weighted by atomic mass is 19.1. The summed E-state index contributed by atoms with van der Waals surface area (Å²) in [5.74, 6) is -2.20. The van der Waals surface area contributed by atoms with Crippen LogP contribution < -0.4 is 16.0 Å². The fourth-order valence-electron chi connectivity index (χ4n) is 1.50. The first-order chi connectivity index (χ1) is 9.88. The van der Waals surface area contributed by atoms with Crippen molar-refractivity contribution in [2.24, 2.45) is 0 Å². The number of aliphatic carboxylic acids is 1. The number of hydrogen-bond acceptors (Lipinski definition) is 3. The van der Waals surface area contributed by atoms with Crippen LogP contribution in [0.25, 0.3) is 0 Å². The van der Waals surface area contributed by atoms with Crippen molar-refractivity contribution in [3.63, 3.8) is 0 Å². The second kappa shape index (κ2) is 7.83. The molecule has 1 unspecified atom stereocenters. The van der Waals surface area contributed by atoms with Gasteiger partial charge in [-0.15, -0.1) is 0 Å². The highest BCUT2D eigenvalue weighted by Gasteiger charge is 2.11. The lowest BCUT2D eigenvalue weighted by molar-refractivity contribution is -0.137. The highest BCUT2D eigenvalue weighted by molar-refractivity contribution is 5.86. The number of benzene rings is 1. The van der Waals surface area contributed by atoms with Crippen molar-refractivity contribution in [1.29, 1.82) is 0 Å².